The molecule has 0 spiro atoms. The van der Waals surface area contributed by atoms with Gasteiger partial charge in [-0.1, -0.05) is 0 Å². The van der Waals surface area contributed by atoms with Crippen LogP contribution in [0.4, 0.5) is 17.6 Å². The number of halogens is 4. The van der Waals surface area contributed by atoms with Gasteiger partial charge in [-0.3, -0.25) is 14.2 Å². The van der Waals surface area contributed by atoms with Gasteiger partial charge >= 0.3 is 0 Å². The summed E-state index contributed by atoms with van der Waals surface area (Å²) in [5.41, 5.74) is -0.702. The van der Waals surface area contributed by atoms with Crippen molar-refractivity contribution in [1.29, 1.82) is 0 Å². The quantitative estimate of drug-likeness (QED) is 0.641. The van der Waals surface area contributed by atoms with Gasteiger partial charge in [0.25, 0.3) is 12.3 Å². The number of rotatable bonds is 3. The van der Waals surface area contributed by atoms with E-state index in [0.717, 1.165) is 12.1 Å². The van der Waals surface area contributed by atoms with Crippen LogP contribution in [0, 0.1) is 11.6 Å². The molecular weight excluding hydrogens is 380 g/mol. The van der Waals surface area contributed by atoms with Gasteiger partial charge in [0.05, 0.1) is 25.5 Å². The largest absolute Gasteiger partial charge is 0.377 e. The zero-order valence-electron chi connectivity index (χ0n) is 14.4. The second-order valence-corrected chi connectivity index (χ2v) is 6.24. The zero-order valence-corrected chi connectivity index (χ0v) is 14.4. The first-order chi connectivity index (χ1) is 13.5. The second-order valence-electron chi connectivity index (χ2n) is 6.24. The summed E-state index contributed by atoms with van der Waals surface area (Å²) in [7, 11) is 0. The summed E-state index contributed by atoms with van der Waals surface area (Å²) in [6, 6.07) is 2.07. The second kappa shape index (κ2) is 7.19. The minimum atomic E-state index is -2.98. The van der Waals surface area contributed by atoms with E-state index in [4.69, 9.17) is 4.74 Å². The highest BCUT2D eigenvalue weighted by atomic mass is 19.3. The SMILES string of the molecule is O=C(c1c(C(F)F)nc2cnccn12)N1CCOCC1c1cc(F)cc(F)c1. The van der Waals surface area contributed by atoms with Gasteiger partial charge in [0.1, 0.15) is 23.0 Å². The number of amides is 1. The average Bonchev–Trinajstić information content (AvgIpc) is 3.06. The van der Waals surface area contributed by atoms with Crippen LogP contribution in [0.3, 0.4) is 0 Å². The number of carbonyl (C=O) groups is 1. The van der Waals surface area contributed by atoms with Crippen LogP contribution in [0.2, 0.25) is 0 Å². The Hall–Kier alpha value is -3.01. The van der Waals surface area contributed by atoms with Crippen LogP contribution in [0.25, 0.3) is 5.65 Å². The molecular formula is C18H14F4N4O2. The van der Waals surface area contributed by atoms with E-state index in [2.05, 4.69) is 9.97 Å². The van der Waals surface area contributed by atoms with Crippen LogP contribution in [0.15, 0.2) is 36.8 Å². The van der Waals surface area contributed by atoms with Crippen molar-refractivity contribution in [3.8, 4) is 0 Å². The molecule has 1 saturated heterocycles. The summed E-state index contributed by atoms with van der Waals surface area (Å²) in [4.78, 5) is 22.1. The van der Waals surface area contributed by atoms with E-state index in [9.17, 15) is 22.4 Å². The molecule has 3 aromatic rings. The van der Waals surface area contributed by atoms with E-state index in [1.165, 1.54) is 27.9 Å². The molecule has 1 aliphatic heterocycles. The van der Waals surface area contributed by atoms with E-state index in [-0.39, 0.29) is 36.7 Å². The third-order valence-electron chi connectivity index (χ3n) is 4.53. The van der Waals surface area contributed by atoms with Crippen molar-refractivity contribution in [2.24, 2.45) is 0 Å². The smallest absolute Gasteiger partial charge is 0.282 e. The summed E-state index contributed by atoms with van der Waals surface area (Å²) >= 11 is 0. The van der Waals surface area contributed by atoms with Crippen molar-refractivity contribution < 1.29 is 27.1 Å². The lowest BCUT2D eigenvalue weighted by atomic mass is 10.0. The van der Waals surface area contributed by atoms with Gasteiger partial charge in [-0.15, -0.1) is 0 Å². The predicted octanol–water partition coefficient (Wildman–Crippen LogP) is 3.16. The number of hydrogen-bond acceptors (Lipinski definition) is 4. The maximum absolute atomic E-state index is 13.7. The number of nitrogens with zero attached hydrogens (tertiary/aromatic N) is 4. The lowest BCUT2D eigenvalue weighted by molar-refractivity contribution is -0.00356. The molecule has 0 saturated carbocycles. The van der Waals surface area contributed by atoms with Crippen molar-refractivity contribution in [2.75, 3.05) is 19.8 Å². The molecule has 0 aliphatic carbocycles. The predicted molar refractivity (Wildman–Crippen MR) is 88.9 cm³/mol. The number of morpholine rings is 1. The Bertz CT molecular complexity index is 1020. The van der Waals surface area contributed by atoms with Gasteiger partial charge in [0.15, 0.2) is 5.65 Å². The summed E-state index contributed by atoms with van der Waals surface area (Å²) < 4.78 is 61.0. The molecule has 146 valence electrons. The summed E-state index contributed by atoms with van der Waals surface area (Å²) in [6.45, 7) is 0.224. The molecule has 28 heavy (non-hydrogen) atoms. The molecule has 3 heterocycles. The first-order valence-electron chi connectivity index (χ1n) is 8.40. The third kappa shape index (κ3) is 3.19. The number of hydrogen-bond donors (Lipinski definition) is 0. The van der Waals surface area contributed by atoms with Gasteiger partial charge in [-0.25, -0.2) is 22.5 Å². The Balaban J connectivity index is 1.79. The normalized spacial score (nSPS) is 17.5. The Morgan fingerprint density at radius 1 is 1.21 bits per heavy atom. The minimum absolute atomic E-state index is 0.0169. The molecule has 1 atom stereocenters. The average molecular weight is 394 g/mol. The van der Waals surface area contributed by atoms with E-state index in [1.807, 2.05) is 0 Å². The monoisotopic (exact) mass is 394 g/mol. The Kier molecular flexibility index (Phi) is 4.71. The highest BCUT2D eigenvalue weighted by Gasteiger charge is 2.35. The number of imidazole rings is 1. The molecule has 0 bridgehead atoms. The van der Waals surface area contributed by atoms with Gasteiger partial charge < -0.3 is 9.64 Å². The van der Waals surface area contributed by atoms with Crippen LogP contribution >= 0.6 is 0 Å². The van der Waals surface area contributed by atoms with Crippen LogP contribution in [-0.2, 0) is 4.74 Å². The van der Waals surface area contributed by atoms with Gasteiger partial charge in [0.2, 0.25) is 0 Å². The van der Waals surface area contributed by atoms with E-state index in [0.29, 0.717) is 6.07 Å². The Morgan fingerprint density at radius 2 is 1.96 bits per heavy atom. The van der Waals surface area contributed by atoms with Gasteiger partial charge in [-0.2, -0.15) is 0 Å². The molecule has 2 aromatic heterocycles. The molecule has 0 N–H and O–H groups in total. The van der Waals surface area contributed by atoms with Gasteiger partial charge in [-0.05, 0) is 17.7 Å². The molecule has 1 aromatic carbocycles. The number of fused-ring (bicyclic) bond motifs is 1. The van der Waals surface area contributed by atoms with Crippen molar-refractivity contribution in [3.05, 3.63) is 65.4 Å². The fourth-order valence-corrected chi connectivity index (χ4v) is 3.32. The molecule has 4 rings (SSSR count). The molecule has 6 nitrogen and oxygen atoms in total. The summed E-state index contributed by atoms with van der Waals surface area (Å²) in [6.07, 6.45) is 0.990. The molecule has 10 heteroatoms. The van der Waals surface area contributed by atoms with Crippen molar-refractivity contribution in [3.63, 3.8) is 0 Å². The molecule has 1 amide bonds. The first kappa shape index (κ1) is 18.4. The highest BCUT2D eigenvalue weighted by Crippen LogP contribution is 2.30. The van der Waals surface area contributed by atoms with E-state index >= 15 is 0 Å². The number of ether oxygens (including phenoxy) is 1. The number of benzene rings is 1. The van der Waals surface area contributed by atoms with Gasteiger partial charge in [0, 0.05) is 25.0 Å². The number of alkyl halides is 2. The molecule has 1 fully saturated rings. The standard InChI is InChI=1S/C18H14F4N4O2/c19-11-5-10(6-12(20)7-11)13-9-28-4-3-25(13)18(27)16-15(17(21)22)24-14-8-23-1-2-26(14)16/h1-2,5-8,13,17H,3-4,9H2. The van der Waals surface area contributed by atoms with E-state index < -0.39 is 35.7 Å². The first-order valence-corrected chi connectivity index (χ1v) is 8.40. The molecule has 0 radical (unpaired) electrons. The highest BCUT2D eigenvalue weighted by molar-refractivity contribution is 5.95. The molecule has 1 aliphatic rings. The van der Waals surface area contributed by atoms with Crippen molar-refractivity contribution in [2.45, 2.75) is 12.5 Å². The number of aromatic nitrogens is 3. The van der Waals surface area contributed by atoms with Crippen LogP contribution in [0.5, 0.6) is 0 Å². The Labute approximate surface area is 156 Å². The van der Waals surface area contributed by atoms with Crippen molar-refractivity contribution in [1.82, 2.24) is 19.3 Å². The maximum Gasteiger partial charge on any atom is 0.282 e. The minimum Gasteiger partial charge on any atom is -0.377 e. The lowest BCUT2D eigenvalue weighted by Crippen LogP contribution is -2.44. The Morgan fingerprint density at radius 3 is 2.68 bits per heavy atom. The van der Waals surface area contributed by atoms with Crippen LogP contribution in [-0.4, -0.2) is 44.9 Å². The lowest BCUT2D eigenvalue weighted by Gasteiger charge is -2.36. The zero-order chi connectivity index (χ0) is 19.8. The number of carbonyl (C=O) groups excluding carboxylic acids is 1. The fourth-order valence-electron chi connectivity index (χ4n) is 3.32. The molecule has 1 unspecified atom stereocenters. The summed E-state index contributed by atoms with van der Waals surface area (Å²) in [5, 5.41) is 0. The van der Waals surface area contributed by atoms with Crippen LogP contribution in [0.1, 0.15) is 34.2 Å². The van der Waals surface area contributed by atoms with E-state index in [1.54, 1.807) is 0 Å². The van der Waals surface area contributed by atoms with Crippen LogP contribution < -0.4 is 0 Å². The summed E-state index contributed by atoms with van der Waals surface area (Å²) in [5.74, 6) is -2.34. The topological polar surface area (TPSA) is 59.7 Å². The third-order valence-corrected chi connectivity index (χ3v) is 4.53. The maximum atomic E-state index is 13.7. The van der Waals surface area contributed by atoms with Crippen molar-refractivity contribution >= 4 is 11.6 Å². The fraction of sp³-hybridized carbons (Fsp3) is 0.278.